The zero-order chi connectivity index (χ0) is 24.8. The zero-order valence-electron chi connectivity index (χ0n) is 19.6. The number of nitrogens with one attached hydrogen (secondary N) is 1. The van der Waals surface area contributed by atoms with E-state index in [4.69, 9.17) is 9.84 Å². The molecular weight excluding hydrogens is 442 g/mol. The number of fused-ring (bicyclic) bond motifs is 1. The molecule has 7 nitrogen and oxygen atoms in total. The minimum absolute atomic E-state index is 0.0992. The second kappa shape index (κ2) is 10.8. The van der Waals surface area contributed by atoms with Crippen LogP contribution in [-0.4, -0.2) is 35.7 Å². The fraction of sp³-hybridized carbons (Fsp3) is 0.179. The highest BCUT2D eigenvalue weighted by atomic mass is 16.5. The number of urea groups is 1. The Hall–Kier alpha value is -4.23. The number of ether oxygens (including phenoxy) is 1. The van der Waals surface area contributed by atoms with Crippen LogP contribution in [0.2, 0.25) is 0 Å². The molecule has 0 aliphatic rings. The number of amides is 2. The van der Waals surface area contributed by atoms with Crippen molar-refractivity contribution in [3.63, 3.8) is 0 Å². The molecule has 0 fully saturated rings. The molecule has 0 spiro atoms. The largest absolute Gasteiger partial charge is 0.481 e. The Kier molecular flexibility index (Phi) is 7.38. The van der Waals surface area contributed by atoms with Gasteiger partial charge in [0.1, 0.15) is 5.82 Å². The molecule has 0 bridgehead atoms. The maximum atomic E-state index is 12.9. The molecule has 1 heterocycles. The summed E-state index contributed by atoms with van der Waals surface area (Å²) in [5.74, 6) is -0.408. The first-order chi connectivity index (χ1) is 16.9. The third-order valence-corrected chi connectivity index (χ3v) is 5.69. The smallest absolute Gasteiger partial charge is 0.327 e. The number of carboxylic acids is 1. The lowest BCUT2D eigenvalue weighted by molar-refractivity contribution is -0.140. The van der Waals surface area contributed by atoms with Gasteiger partial charge in [0.25, 0.3) is 0 Å². The van der Waals surface area contributed by atoms with Gasteiger partial charge in [-0.25, -0.2) is 9.78 Å². The first kappa shape index (κ1) is 23.9. The number of rotatable bonds is 8. The molecule has 0 unspecified atom stereocenters. The summed E-state index contributed by atoms with van der Waals surface area (Å²) in [6, 6.07) is 26.4. The Morgan fingerprint density at radius 1 is 0.971 bits per heavy atom. The molecule has 4 aromatic rings. The number of carbonyl (C=O) groups is 2. The summed E-state index contributed by atoms with van der Waals surface area (Å²) in [6.45, 7) is 2.27. The number of pyridine rings is 1. The van der Waals surface area contributed by atoms with Crippen LogP contribution in [0.5, 0.6) is 0 Å². The summed E-state index contributed by atoms with van der Waals surface area (Å²) < 4.78 is 5.59. The molecule has 35 heavy (non-hydrogen) atoms. The predicted octanol–water partition coefficient (Wildman–Crippen LogP) is 6.12. The average molecular weight is 470 g/mol. The summed E-state index contributed by atoms with van der Waals surface area (Å²) >= 11 is 0. The summed E-state index contributed by atoms with van der Waals surface area (Å²) in [5.41, 5.74) is 3.05. The monoisotopic (exact) mass is 469 g/mol. The average Bonchev–Trinajstić information content (AvgIpc) is 2.88. The van der Waals surface area contributed by atoms with Crippen LogP contribution in [0.25, 0.3) is 22.0 Å². The summed E-state index contributed by atoms with van der Waals surface area (Å²) in [5, 5.41) is 14.2. The maximum Gasteiger partial charge on any atom is 0.327 e. The molecule has 2 amide bonds. The van der Waals surface area contributed by atoms with Gasteiger partial charge in [-0.2, -0.15) is 0 Å². The third-order valence-electron chi connectivity index (χ3n) is 5.69. The van der Waals surface area contributed by atoms with Crippen LogP contribution in [0.15, 0.2) is 84.9 Å². The van der Waals surface area contributed by atoms with Crippen molar-refractivity contribution in [1.82, 2.24) is 4.98 Å². The Morgan fingerprint density at radius 2 is 1.71 bits per heavy atom. The summed E-state index contributed by atoms with van der Waals surface area (Å²) in [7, 11) is 1.67. The Balaban J connectivity index is 1.49. The highest BCUT2D eigenvalue weighted by Gasteiger charge is 2.17. The fourth-order valence-corrected chi connectivity index (χ4v) is 3.85. The van der Waals surface area contributed by atoms with Gasteiger partial charge >= 0.3 is 12.0 Å². The molecule has 178 valence electrons. The van der Waals surface area contributed by atoms with Crippen LogP contribution in [0, 0.1) is 0 Å². The van der Waals surface area contributed by atoms with Crippen molar-refractivity contribution in [2.75, 3.05) is 23.9 Å². The maximum absolute atomic E-state index is 12.9. The van der Waals surface area contributed by atoms with E-state index < -0.39 is 12.1 Å². The first-order valence-electron chi connectivity index (χ1n) is 11.4. The lowest BCUT2D eigenvalue weighted by Crippen LogP contribution is -2.31. The number of aromatic nitrogens is 1. The second-order valence-corrected chi connectivity index (χ2v) is 8.10. The molecular formula is C28H27N3O4. The predicted molar refractivity (Wildman–Crippen MR) is 138 cm³/mol. The number of carbonyl (C=O) groups excluding carboxylic acids is 1. The number of benzene rings is 3. The van der Waals surface area contributed by atoms with E-state index >= 15 is 0 Å². The van der Waals surface area contributed by atoms with Crippen molar-refractivity contribution in [3.05, 3.63) is 90.5 Å². The molecule has 0 radical (unpaired) electrons. The number of anilines is 2. The van der Waals surface area contributed by atoms with Crippen LogP contribution < -0.4 is 10.2 Å². The van der Waals surface area contributed by atoms with Gasteiger partial charge in [-0.3, -0.25) is 9.69 Å². The molecule has 4 rings (SSSR count). The zero-order valence-corrected chi connectivity index (χ0v) is 19.6. The van der Waals surface area contributed by atoms with E-state index in [2.05, 4.69) is 10.3 Å². The van der Waals surface area contributed by atoms with Crippen LogP contribution in [-0.2, 0) is 9.53 Å². The van der Waals surface area contributed by atoms with E-state index in [1.165, 1.54) is 4.90 Å². The molecule has 0 saturated heterocycles. The molecule has 0 aliphatic heterocycles. The van der Waals surface area contributed by atoms with Crippen molar-refractivity contribution in [2.45, 2.75) is 19.4 Å². The second-order valence-electron chi connectivity index (χ2n) is 8.10. The molecule has 0 aliphatic carbocycles. The van der Waals surface area contributed by atoms with Gasteiger partial charge < -0.3 is 15.2 Å². The lowest BCUT2D eigenvalue weighted by atomic mass is 10.0. The SMILES string of the molecule is CCO[C@@H](CC(=O)O)c1ccc(-c2cccc(N(C)C(=O)Nc3ccc4ccccc4c3)n2)cc1. The van der Waals surface area contributed by atoms with E-state index in [0.29, 0.717) is 23.8 Å². The fourth-order valence-electron chi connectivity index (χ4n) is 3.85. The van der Waals surface area contributed by atoms with E-state index in [0.717, 1.165) is 21.9 Å². The number of hydrogen-bond acceptors (Lipinski definition) is 4. The standard InChI is InChI=1S/C28H27N3O4/c1-3-35-25(18-27(32)33)21-13-11-20(12-14-21)24-9-6-10-26(30-24)31(2)28(34)29-23-16-15-19-7-4-5-8-22(19)17-23/h4-17,25H,3,18H2,1-2H3,(H,29,34)(H,32,33)/t25-/m0/s1. The minimum Gasteiger partial charge on any atom is -0.481 e. The number of nitrogens with zero attached hydrogens (tertiary/aromatic N) is 2. The van der Waals surface area contributed by atoms with Crippen molar-refractivity contribution in [3.8, 4) is 11.3 Å². The normalized spacial score (nSPS) is 11.7. The van der Waals surface area contributed by atoms with E-state index in [1.54, 1.807) is 13.1 Å². The van der Waals surface area contributed by atoms with Gasteiger partial charge in [-0.05, 0) is 47.5 Å². The lowest BCUT2D eigenvalue weighted by Gasteiger charge is -2.18. The molecule has 1 aromatic heterocycles. The molecule has 0 saturated carbocycles. The van der Waals surface area contributed by atoms with E-state index in [9.17, 15) is 9.59 Å². The van der Waals surface area contributed by atoms with E-state index in [-0.39, 0.29) is 12.5 Å². The van der Waals surface area contributed by atoms with Crippen molar-refractivity contribution in [2.24, 2.45) is 0 Å². The van der Waals surface area contributed by atoms with Gasteiger partial charge in [0.2, 0.25) is 0 Å². The van der Waals surface area contributed by atoms with Gasteiger partial charge in [-0.15, -0.1) is 0 Å². The Morgan fingerprint density at radius 3 is 2.43 bits per heavy atom. The van der Waals surface area contributed by atoms with Crippen molar-refractivity contribution >= 4 is 34.3 Å². The molecule has 1 atom stereocenters. The van der Waals surface area contributed by atoms with Gasteiger partial charge in [0, 0.05) is 24.9 Å². The van der Waals surface area contributed by atoms with Gasteiger partial charge in [0.15, 0.2) is 0 Å². The molecule has 3 aromatic carbocycles. The summed E-state index contributed by atoms with van der Waals surface area (Å²) in [4.78, 5) is 30.1. The van der Waals surface area contributed by atoms with Crippen LogP contribution >= 0.6 is 0 Å². The first-order valence-corrected chi connectivity index (χ1v) is 11.4. The number of carboxylic acid groups (broad SMARTS) is 1. The molecule has 2 N–H and O–H groups in total. The van der Waals surface area contributed by atoms with Crippen LogP contribution in [0.4, 0.5) is 16.3 Å². The Bertz CT molecular complexity index is 1340. The highest BCUT2D eigenvalue weighted by Crippen LogP contribution is 2.26. The Labute approximate surface area is 204 Å². The topological polar surface area (TPSA) is 91.8 Å². The van der Waals surface area contributed by atoms with Gasteiger partial charge in [0.05, 0.1) is 18.2 Å². The minimum atomic E-state index is -0.910. The van der Waals surface area contributed by atoms with Crippen LogP contribution in [0.3, 0.4) is 0 Å². The molecule has 7 heteroatoms. The van der Waals surface area contributed by atoms with Crippen LogP contribution in [0.1, 0.15) is 25.0 Å². The van der Waals surface area contributed by atoms with E-state index in [1.807, 2.05) is 85.8 Å². The number of aliphatic carboxylic acids is 1. The number of hydrogen-bond donors (Lipinski definition) is 2. The summed E-state index contributed by atoms with van der Waals surface area (Å²) in [6.07, 6.45) is -0.603. The van der Waals surface area contributed by atoms with Gasteiger partial charge in [-0.1, -0.05) is 60.7 Å². The highest BCUT2D eigenvalue weighted by molar-refractivity contribution is 6.02. The van der Waals surface area contributed by atoms with Crippen molar-refractivity contribution in [1.29, 1.82) is 0 Å². The third kappa shape index (κ3) is 5.83. The quantitative estimate of drug-likeness (QED) is 0.324. The van der Waals surface area contributed by atoms with Crippen molar-refractivity contribution < 1.29 is 19.4 Å².